The van der Waals surface area contributed by atoms with Crippen LogP contribution in [-0.4, -0.2) is 26.2 Å². The number of hydrogen-bond acceptors (Lipinski definition) is 4. The molecule has 31 heavy (non-hydrogen) atoms. The Labute approximate surface area is 187 Å². The Bertz CT molecular complexity index is 1080. The number of H-pyrrole nitrogens is 1. The number of aromatic amines is 1. The first kappa shape index (κ1) is 23.1. The summed E-state index contributed by atoms with van der Waals surface area (Å²) < 4.78 is 1.69. The van der Waals surface area contributed by atoms with Gasteiger partial charge in [0.2, 0.25) is 5.91 Å². The van der Waals surface area contributed by atoms with Crippen LogP contribution in [0.3, 0.4) is 0 Å². The monoisotopic (exact) mass is 440 g/mol. The van der Waals surface area contributed by atoms with Crippen molar-refractivity contribution in [1.29, 1.82) is 0 Å². The van der Waals surface area contributed by atoms with Gasteiger partial charge in [0.1, 0.15) is 5.52 Å². The molecule has 0 unspecified atom stereocenters. The highest BCUT2D eigenvalue weighted by atomic mass is 32.2. The van der Waals surface area contributed by atoms with E-state index in [4.69, 9.17) is 0 Å². The van der Waals surface area contributed by atoms with Crippen LogP contribution in [0.15, 0.2) is 40.3 Å². The molecule has 0 atom stereocenters. The van der Waals surface area contributed by atoms with Crippen molar-refractivity contribution in [2.24, 2.45) is 5.92 Å². The van der Waals surface area contributed by atoms with E-state index in [9.17, 15) is 9.59 Å². The molecule has 3 rings (SSSR count). The zero-order valence-electron chi connectivity index (χ0n) is 18.8. The van der Waals surface area contributed by atoms with E-state index in [0.717, 1.165) is 24.2 Å². The van der Waals surface area contributed by atoms with E-state index in [1.54, 1.807) is 4.57 Å². The van der Waals surface area contributed by atoms with E-state index in [1.165, 1.54) is 30.2 Å². The summed E-state index contributed by atoms with van der Waals surface area (Å²) in [6, 6.07) is 9.88. The number of benzene rings is 1. The molecular formula is C24H32N4O2S. The van der Waals surface area contributed by atoms with Crippen LogP contribution in [-0.2, 0) is 17.8 Å². The summed E-state index contributed by atoms with van der Waals surface area (Å²) in [4.78, 5) is 33.3. The third kappa shape index (κ3) is 6.23. The summed E-state index contributed by atoms with van der Waals surface area (Å²) in [7, 11) is 0. The molecule has 1 amide bonds. The average Bonchev–Trinajstić information content (AvgIpc) is 3.11. The normalized spacial score (nSPS) is 11.4. The molecule has 2 N–H and O–H groups in total. The second-order valence-corrected chi connectivity index (χ2v) is 9.33. The molecule has 6 nitrogen and oxygen atoms in total. The van der Waals surface area contributed by atoms with E-state index >= 15 is 0 Å². The van der Waals surface area contributed by atoms with Crippen molar-refractivity contribution in [3.05, 3.63) is 51.9 Å². The lowest BCUT2D eigenvalue weighted by atomic mass is 10.1. The number of rotatable bonds is 10. The average molecular weight is 441 g/mol. The van der Waals surface area contributed by atoms with Crippen molar-refractivity contribution in [1.82, 2.24) is 14.5 Å². The van der Waals surface area contributed by atoms with Crippen LogP contribution in [0, 0.1) is 12.8 Å². The topological polar surface area (TPSA) is 79.8 Å². The predicted molar refractivity (Wildman–Crippen MR) is 129 cm³/mol. The summed E-state index contributed by atoms with van der Waals surface area (Å²) in [6.07, 6.45) is 4.26. The number of carbonyl (C=O) groups excluding carboxylic acids is 1. The van der Waals surface area contributed by atoms with Gasteiger partial charge >= 0.3 is 0 Å². The number of carbonyl (C=O) groups is 1. The zero-order valence-corrected chi connectivity index (χ0v) is 19.6. The summed E-state index contributed by atoms with van der Waals surface area (Å²) in [6.45, 7) is 8.93. The van der Waals surface area contributed by atoms with Gasteiger partial charge in [0.15, 0.2) is 5.16 Å². The molecule has 3 aromatic rings. The molecule has 0 aliphatic rings. The molecule has 7 heteroatoms. The van der Waals surface area contributed by atoms with Crippen molar-refractivity contribution in [3.63, 3.8) is 0 Å². The highest BCUT2D eigenvalue weighted by molar-refractivity contribution is 7.99. The van der Waals surface area contributed by atoms with Gasteiger partial charge in [-0.1, -0.05) is 51.1 Å². The fourth-order valence-corrected chi connectivity index (χ4v) is 4.19. The Kier molecular flexibility index (Phi) is 7.96. The second-order valence-electron chi connectivity index (χ2n) is 8.38. The largest absolute Gasteiger partial charge is 0.353 e. The van der Waals surface area contributed by atoms with Gasteiger partial charge in [-0.3, -0.25) is 14.2 Å². The highest BCUT2D eigenvalue weighted by Crippen LogP contribution is 2.20. The first-order chi connectivity index (χ1) is 14.9. The highest BCUT2D eigenvalue weighted by Gasteiger charge is 2.15. The van der Waals surface area contributed by atoms with Crippen molar-refractivity contribution in [2.45, 2.75) is 65.1 Å². The van der Waals surface area contributed by atoms with Crippen LogP contribution in [0.2, 0.25) is 0 Å². The number of aromatic nitrogens is 3. The third-order valence-electron chi connectivity index (χ3n) is 5.16. The number of nitrogens with zero attached hydrogens (tertiary/aromatic N) is 2. The van der Waals surface area contributed by atoms with Gasteiger partial charge in [0, 0.05) is 17.9 Å². The minimum atomic E-state index is -0.110. The van der Waals surface area contributed by atoms with Gasteiger partial charge in [0.05, 0.1) is 11.3 Å². The van der Waals surface area contributed by atoms with Gasteiger partial charge in [-0.2, -0.15) is 0 Å². The van der Waals surface area contributed by atoms with Gasteiger partial charge < -0.3 is 10.3 Å². The van der Waals surface area contributed by atoms with Gasteiger partial charge in [-0.05, 0) is 55.9 Å². The van der Waals surface area contributed by atoms with Crippen LogP contribution in [0.4, 0.5) is 5.69 Å². The van der Waals surface area contributed by atoms with Crippen LogP contribution >= 0.6 is 11.8 Å². The Hall–Kier alpha value is -2.54. The summed E-state index contributed by atoms with van der Waals surface area (Å²) in [5, 5.41) is 3.53. The first-order valence-electron chi connectivity index (χ1n) is 11.0. The molecule has 0 saturated carbocycles. The Morgan fingerprint density at radius 1 is 1.26 bits per heavy atom. The summed E-state index contributed by atoms with van der Waals surface area (Å²) in [5.41, 5.74) is 4.06. The maximum absolute atomic E-state index is 13.0. The molecule has 166 valence electrons. The molecule has 2 aromatic heterocycles. The van der Waals surface area contributed by atoms with Crippen molar-refractivity contribution < 1.29 is 4.79 Å². The molecule has 2 heterocycles. The predicted octanol–water partition coefficient (Wildman–Crippen LogP) is 5.15. The quantitative estimate of drug-likeness (QED) is 0.337. The fourth-order valence-electron chi connectivity index (χ4n) is 3.37. The number of unbranched alkanes of at least 4 members (excludes halogenated alkanes) is 1. The molecule has 0 bridgehead atoms. The van der Waals surface area contributed by atoms with E-state index < -0.39 is 0 Å². The molecule has 0 fully saturated rings. The van der Waals surface area contributed by atoms with E-state index in [0.29, 0.717) is 28.7 Å². The molecule has 0 aliphatic heterocycles. The van der Waals surface area contributed by atoms with Crippen LogP contribution < -0.4 is 10.9 Å². The minimum absolute atomic E-state index is 0.0793. The molecule has 0 spiro atoms. The first-order valence-corrected chi connectivity index (χ1v) is 12.0. The van der Waals surface area contributed by atoms with E-state index in [2.05, 4.69) is 48.2 Å². The van der Waals surface area contributed by atoms with Crippen molar-refractivity contribution in [2.75, 3.05) is 11.1 Å². The lowest BCUT2D eigenvalue weighted by molar-refractivity contribution is -0.113. The lowest BCUT2D eigenvalue weighted by Crippen LogP contribution is -2.25. The Morgan fingerprint density at radius 3 is 2.68 bits per heavy atom. The maximum atomic E-state index is 13.0. The molecule has 1 aromatic carbocycles. The minimum Gasteiger partial charge on any atom is -0.353 e. The fraction of sp³-hybridized carbons (Fsp3) is 0.458. The van der Waals surface area contributed by atoms with Crippen LogP contribution in [0.5, 0.6) is 0 Å². The van der Waals surface area contributed by atoms with Crippen LogP contribution in [0.1, 0.15) is 51.3 Å². The molecule has 0 saturated heterocycles. The molecular weight excluding hydrogens is 408 g/mol. The van der Waals surface area contributed by atoms with Crippen LogP contribution in [0.25, 0.3) is 11.0 Å². The number of anilines is 1. The summed E-state index contributed by atoms with van der Waals surface area (Å²) in [5.74, 6) is 0.552. The number of amides is 1. The smallest absolute Gasteiger partial charge is 0.278 e. The van der Waals surface area contributed by atoms with Crippen molar-refractivity contribution >= 4 is 34.4 Å². The second kappa shape index (κ2) is 10.7. The lowest BCUT2D eigenvalue weighted by Gasteiger charge is -2.13. The van der Waals surface area contributed by atoms with Crippen molar-refractivity contribution in [3.8, 4) is 0 Å². The zero-order chi connectivity index (χ0) is 22.4. The number of nitrogens with one attached hydrogen (secondary N) is 2. The number of hydrogen-bond donors (Lipinski definition) is 2. The Morgan fingerprint density at radius 2 is 2.00 bits per heavy atom. The molecule has 0 aliphatic carbocycles. The SMILES string of the molecule is CCCCc1ccc(NC(=O)CSc2nc3cc(C)[nH]c3c(=O)n2CCC(C)C)cc1. The van der Waals surface area contributed by atoms with E-state index in [1.807, 2.05) is 25.1 Å². The van der Waals surface area contributed by atoms with E-state index in [-0.39, 0.29) is 17.2 Å². The number of fused-ring (bicyclic) bond motifs is 1. The Balaban J connectivity index is 1.70. The number of thioether (sulfide) groups is 1. The number of aryl methyl sites for hydroxylation is 2. The third-order valence-corrected chi connectivity index (χ3v) is 6.13. The standard InChI is InChI=1S/C24H32N4O2S/c1-5-6-7-18-8-10-19(11-9-18)26-21(29)15-31-24-27-20-14-17(4)25-22(20)23(30)28(24)13-12-16(2)3/h8-11,14,16,25H,5-7,12-13,15H2,1-4H3,(H,26,29). The van der Waals surface area contributed by atoms with Gasteiger partial charge in [-0.15, -0.1) is 0 Å². The molecule has 0 radical (unpaired) electrons. The maximum Gasteiger partial charge on any atom is 0.278 e. The van der Waals surface area contributed by atoms with Gasteiger partial charge in [-0.25, -0.2) is 4.98 Å². The van der Waals surface area contributed by atoms with Gasteiger partial charge in [0.25, 0.3) is 5.56 Å². The summed E-state index contributed by atoms with van der Waals surface area (Å²) >= 11 is 1.30.